The van der Waals surface area contributed by atoms with E-state index in [4.69, 9.17) is 21.1 Å². The first kappa shape index (κ1) is 14.0. The molecular formula is C17H15ClO3. The molecular weight excluding hydrogens is 288 g/mol. The summed E-state index contributed by atoms with van der Waals surface area (Å²) in [6, 6.07) is 11.4. The molecule has 21 heavy (non-hydrogen) atoms. The van der Waals surface area contributed by atoms with Crippen LogP contribution in [-0.4, -0.2) is 20.0 Å². The van der Waals surface area contributed by atoms with Gasteiger partial charge in [-0.15, -0.1) is 0 Å². The van der Waals surface area contributed by atoms with Gasteiger partial charge in [0.2, 0.25) is 0 Å². The summed E-state index contributed by atoms with van der Waals surface area (Å²) in [6.45, 7) is 0. The minimum Gasteiger partial charge on any atom is -0.495 e. The molecule has 0 aliphatic heterocycles. The van der Waals surface area contributed by atoms with E-state index in [0.717, 1.165) is 12.0 Å². The van der Waals surface area contributed by atoms with Crippen LogP contribution < -0.4 is 9.47 Å². The van der Waals surface area contributed by atoms with Crippen LogP contribution in [0.3, 0.4) is 0 Å². The van der Waals surface area contributed by atoms with E-state index in [-0.39, 0.29) is 11.7 Å². The lowest BCUT2D eigenvalue weighted by Gasteiger charge is -2.29. The number of rotatable bonds is 4. The van der Waals surface area contributed by atoms with Crippen molar-refractivity contribution in [1.82, 2.24) is 0 Å². The number of fused-ring (bicyclic) bond motifs is 1. The molecule has 0 saturated heterocycles. The normalized spacial score (nSPS) is 15.9. The number of ether oxygens (including phenoxy) is 2. The third kappa shape index (κ3) is 2.18. The van der Waals surface area contributed by atoms with Crippen molar-refractivity contribution in [3.05, 3.63) is 58.1 Å². The fourth-order valence-electron chi connectivity index (χ4n) is 2.77. The van der Waals surface area contributed by atoms with Gasteiger partial charge in [0.25, 0.3) is 0 Å². The van der Waals surface area contributed by atoms with Gasteiger partial charge in [0.05, 0.1) is 25.7 Å². The highest BCUT2D eigenvalue weighted by Gasteiger charge is 2.34. The highest BCUT2D eigenvalue weighted by atomic mass is 35.5. The van der Waals surface area contributed by atoms with Crippen molar-refractivity contribution in [2.45, 2.75) is 12.3 Å². The maximum atomic E-state index is 12.7. The third-order valence-corrected chi connectivity index (χ3v) is 4.28. The van der Waals surface area contributed by atoms with Crippen molar-refractivity contribution in [3.63, 3.8) is 0 Å². The summed E-state index contributed by atoms with van der Waals surface area (Å²) in [5.74, 6) is 0.805. The molecule has 1 aliphatic carbocycles. The Morgan fingerprint density at radius 3 is 2.57 bits per heavy atom. The van der Waals surface area contributed by atoms with Gasteiger partial charge in [-0.1, -0.05) is 35.9 Å². The van der Waals surface area contributed by atoms with Crippen LogP contribution >= 0.6 is 11.6 Å². The number of ketones is 1. The van der Waals surface area contributed by atoms with Crippen molar-refractivity contribution in [2.24, 2.45) is 0 Å². The van der Waals surface area contributed by atoms with Crippen LogP contribution in [0.25, 0.3) is 0 Å². The second-order valence-corrected chi connectivity index (χ2v) is 5.36. The average molecular weight is 303 g/mol. The summed E-state index contributed by atoms with van der Waals surface area (Å²) in [5.41, 5.74) is 2.83. The zero-order valence-corrected chi connectivity index (χ0v) is 12.6. The molecule has 2 aromatic carbocycles. The number of carbonyl (C=O) groups is 1. The molecule has 0 radical (unpaired) electrons. The van der Waals surface area contributed by atoms with Gasteiger partial charge in [-0.3, -0.25) is 4.79 Å². The number of carbonyl (C=O) groups excluding carboxylic acids is 1. The van der Waals surface area contributed by atoms with E-state index in [0.29, 0.717) is 22.1 Å². The molecule has 3 nitrogen and oxygen atoms in total. The van der Waals surface area contributed by atoms with Gasteiger partial charge in [0.1, 0.15) is 10.8 Å². The van der Waals surface area contributed by atoms with Crippen LogP contribution in [0, 0.1) is 0 Å². The average Bonchev–Trinajstić information content (AvgIpc) is 2.48. The van der Waals surface area contributed by atoms with E-state index >= 15 is 0 Å². The lowest BCUT2D eigenvalue weighted by atomic mass is 9.73. The second kappa shape index (κ2) is 5.41. The summed E-state index contributed by atoms with van der Waals surface area (Å²) in [4.78, 5) is 12.7. The van der Waals surface area contributed by atoms with E-state index in [1.54, 1.807) is 12.1 Å². The molecule has 0 fully saturated rings. The predicted octanol–water partition coefficient (Wildman–Crippen LogP) is 3.88. The van der Waals surface area contributed by atoms with Crippen LogP contribution in [0.2, 0.25) is 5.02 Å². The van der Waals surface area contributed by atoms with Crippen molar-refractivity contribution < 1.29 is 14.3 Å². The Morgan fingerprint density at radius 1 is 1.14 bits per heavy atom. The fourth-order valence-corrected chi connectivity index (χ4v) is 3.09. The number of methoxy groups -OCH3 is 2. The molecule has 0 N–H and O–H groups in total. The smallest absolute Gasteiger partial charge is 0.174 e. The largest absolute Gasteiger partial charge is 0.495 e. The van der Waals surface area contributed by atoms with Crippen LogP contribution in [0.1, 0.15) is 27.4 Å². The third-order valence-electron chi connectivity index (χ3n) is 3.92. The zero-order chi connectivity index (χ0) is 15.0. The molecule has 0 spiro atoms. The van der Waals surface area contributed by atoms with E-state index in [9.17, 15) is 4.79 Å². The van der Waals surface area contributed by atoms with Gasteiger partial charge in [-0.2, -0.15) is 0 Å². The standard InChI is InChI=1S/C17H15ClO3/c1-20-14-8-7-12(17(21-2)15(14)18)16(19)13-9-10-5-3-4-6-11(10)13/h3-8,13H,9H2,1-2H3. The van der Waals surface area contributed by atoms with Gasteiger partial charge >= 0.3 is 0 Å². The zero-order valence-electron chi connectivity index (χ0n) is 11.9. The molecule has 0 bridgehead atoms. The Labute approximate surface area is 128 Å². The lowest BCUT2D eigenvalue weighted by molar-refractivity contribution is 0.0946. The first-order chi connectivity index (χ1) is 10.2. The van der Waals surface area contributed by atoms with Gasteiger partial charge in [0, 0.05) is 0 Å². The summed E-state index contributed by atoms with van der Waals surface area (Å²) >= 11 is 6.22. The number of hydrogen-bond acceptors (Lipinski definition) is 3. The van der Waals surface area contributed by atoms with Crippen molar-refractivity contribution in [3.8, 4) is 11.5 Å². The van der Waals surface area contributed by atoms with Crippen LogP contribution in [0.15, 0.2) is 36.4 Å². The predicted molar refractivity (Wildman–Crippen MR) is 81.8 cm³/mol. The minimum absolute atomic E-state index is 0.0371. The van der Waals surface area contributed by atoms with Crippen molar-refractivity contribution in [2.75, 3.05) is 14.2 Å². The monoisotopic (exact) mass is 302 g/mol. The highest BCUT2D eigenvalue weighted by molar-refractivity contribution is 6.34. The lowest BCUT2D eigenvalue weighted by Crippen LogP contribution is -2.25. The fraction of sp³-hybridized carbons (Fsp3) is 0.235. The molecule has 1 unspecified atom stereocenters. The number of halogens is 1. The first-order valence-corrected chi connectivity index (χ1v) is 7.07. The first-order valence-electron chi connectivity index (χ1n) is 6.70. The van der Waals surface area contributed by atoms with Gasteiger partial charge in [0.15, 0.2) is 11.5 Å². The molecule has 108 valence electrons. The van der Waals surface area contributed by atoms with Gasteiger partial charge < -0.3 is 9.47 Å². The molecule has 3 rings (SSSR count). The number of hydrogen-bond donors (Lipinski definition) is 0. The molecule has 4 heteroatoms. The van der Waals surface area contributed by atoms with E-state index in [2.05, 4.69) is 6.07 Å². The van der Waals surface area contributed by atoms with Crippen LogP contribution in [-0.2, 0) is 6.42 Å². The maximum Gasteiger partial charge on any atom is 0.174 e. The summed E-state index contributed by atoms with van der Waals surface area (Å²) in [6.07, 6.45) is 0.766. The molecule has 1 aliphatic rings. The topological polar surface area (TPSA) is 35.5 Å². The Kier molecular flexibility index (Phi) is 3.60. The maximum absolute atomic E-state index is 12.7. The Morgan fingerprint density at radius 2 is 1.90 bits per heavy atom. The molecule has 0 aromatic heterocycles. The van der Waals surface area contributed by atoms with Gasteiger partial charge in [-0.05, 0) is 29.7 Å². The summed E-state index contributed by atoms with van der Waals surface area (Å²) in [5, 5.41) is 0.332. The Bertz CT molecular complexity index is 709. The molecule has 1 atom stereocenters. The molecule has 0 heterocycles. The number of Topliss-reactive ketones (excluding diaryl/α,β-unsaturated/α-hetero) is 1. The van der Waals surface area contributed by atoms with Gasteiger partial charge in [-0.25, -0.2) is 0 Å². The summed E-state index contributed by atoms with van der Waals surface area (Å²) in [7, 11) is 3.04. The van der Waals surface area contributed by atoms with E-state index in [1.165, 1.54) is 19.8 Å². The summed E-state index contributed by atoms with van der Waals surface area (Å²) < 4.78 is 10.5. The highest BCUT2D eigenvalue weighted by Crippen LogP contribution is 2.42. The van der Waals surface area contributed by atoms with E-state index < -0.39 is 0 Å². The number of benzene rings is 2. The van der Waals surface area contributed by atoms with Crippen molar-refractivity contribution >= 4 is 17.4 Å². The Balaban J connectivity index is 1.99. The van der Waals surface area contributed by atoms with Crippen LogP contribution in [0.4, 0.5) is 0 Å². The SMILES string of the molecule is COc1ccc(C(=O)C2Cc3ccccc32)c(OC)c1Cl. The molecule has 0 amide bonds. The second-order valence-electron chi connectivity index (χ2n) is 4.98. The quantitative estimate of drug-likeness (QED) is 0.804. The minimum atomic E-state index is -0.112. The Hall–Kier alpha value is -2.00. The van der Waals surface area contributed by atoms with E-state index in [1.807, 2.05) is 18.2 Å². The molecule has 0 saturated carbocycles. The van der Waals surface area contributed by atoms with Crippen molar-refractivity contribution in [1.29, 1.82) is 0 Å². The molecule has 2 aromatic rings. The van der Waals surface area contributed by atoms with Crippen LogP contribution in [0.5, 0.6) is 11.5 Å².